The lowest BCUT2D eigenvalue weighted by molar-refractivity contribution is -0.117. The molecule has 94 valence electrons. The number of nitrogens with zero attached hydrogens (tertiary/aromatic N) is 2. The molecule has 3 amide bonds. The summed E-state index contributed by atoms with van der Waals surface area (Å²) in [6, 6.07) is 6.22. The van der Waals surface area contributed by atoms with Gasteiger partial charge in [-0.1, -0.05) is 0 Å². The van der Waals surface area contributed by atoms with E-state index in [1.165, 1.54) is 4.90 Å². The molecule has 0 N–H and O–H groups in total. The number of amides is 3. The van der Waals surface area contributed by atoms with Crippen LogP contribution in [-0.4, -0.2) is 43.5 Å². The van der Waals surface area contributed by atoms with Crippen LogP contribution >= 0.6 is 0 Å². The van der Waals surface area contributed by atoms with Crippen LogP contribution in [-0.2, 0) is 9.53 Å². The Morgan fingerprint density at radius 2 is 1.83 bits per heavy atom. The number of hydrogen-bond donors (Lipinski definition) is 0. The molecule has 1 saturated heterocycles. The second-order valence-electron chi connectivity index (χ2n) is 4.03. The molecule has 1 aromatic rings. The SMILES string of the molecule is CN(C)C(=O)c1ccc(N2C(=O)COC2=O)cc1. The molecule has 0 aliphatic carbocycles. The van der Waals surface area contributed by atoms with Gasteiger partial charge in [-0.3, -0.25) is 9.59 Å². The van der Waals surface area contributed by atoms with Crippen molar-refractivity contribution in [3.63, 3.8) is 0 Å². The molecular formula is C12H12N2O4. The van der Waals surface area contributed by atoms with E-state index in [-0.39, 0.29) is 12.5 Å². The lowest BCUT2D eigenvalue weighted by atomic mass is 10.2. The summed E-state index contributed by atoms with van der Waals surface area (Å²) in [5.74, 6) is -0.552. The Morgan fingerprint density at radius 1 is 1.22 bits per heavy atom. The van der Waals surface area contributed by atoms with Gasteiger partial charge in [0.05, 0.1) is 5.69 Å². The van der Waals surface area contributed by atoms with Crippen LogP contribution in [0.4, 0.5) is 10.5 Å². The number of benzene rings is 1. The van der Waals surface area contributed by atoms with E-state index < -0.39 is 12.0 Å². The van der Waals surface area contributed by atoms with E-state index in [1.807, 2.05) is 0 Å². The van der Waals surface area contributed by atoms with Crippen molar-refractivity contribution in [2.45, 2.75) is 0 Å². The Balaban J connectivity index is 2.25. The summed E-state index contributed by atoms with van der Waals surface area (Å²) < 4.78 is 4.61. The highest BCUT2D eigenvalue weighted by molar-refractivity contribution is 6.16. The van der Waals surface area contributed by atoms with E-state index in [4.69, 9.17) is 0 Å². The predicted octanol–water partition coefficient (Wildman–Crippen LogP) is 0.872. The fourth-order valence-corrected chi connectivity index (χ4v) is 1.62. The zero-order valence-corrected chi connectivity index (χ0v) is 10.0. The van der Waals surface area contributed by atoms with Crippen LogP contribution in [0.15, 0.2) is 24.3 Å². The molecule has 6 nitrogen and oxygen atoms in total. The van der Waals surface area contributed by atoms with Gasteiger partial charge in [0.2, 0.25) is 0 Å². The molecule has 0 bridgehead atoms. The summed E-state index contributed by atoms with van der Waals surface area (Å²) in [6.45, 7) is -0.239. The van der Waals surface area contributed by atoms with Crippen LogP contribution in [0, 0.1) is 0 Å². The maximum Gasteiger partial charge on any atom is 0.421 e. The molecule has 0 aromatic heterocycles. The number of rotatable bonds is 2. The molecule has 0 saturated carbocycles. The molecule has 1 fully saturated rings. The first kappa shape index (κ1) is 12.1. The van der Waals surface area contributed by atoms with Gasteiger partial charge >= 0.3 is 6.09 Å². The van der Waals surface area contributed by atoms with Crippen LogP contribution in [0.1, 0.15) is 10.4 Å². The molecule has 0 atom stereocenters. The van der Waals surface area contributed by atoms with Gasteiger partial charge < -0.3 is 9.64 Å². The van der Waals surface area contributed by atoms with Gasteiger partial charge in [0.15, 0.2) is 6.61 Å². The largest absolute Gasteiger partial charge is 0.439 e. The van der Waals surface area contributed by atoms with Crippen molar-refractivity contribution >= 4 is 23.6 Å². The summed E-state index contributed by atoms with van der Waals surface area (Å²) >= 11 is 0. The van der Waals surface area contributed by atoms with E-state index in [2.05, 4.69) is 4.74 Å². The third kappa shape index (κ3) is 2.04. The van der Waals surface area contributed by atoms with Crippen molar-refractivity contribution < 1.29 is 19.1 Å². The Kier molecular flexibility index (Phi) is 3.01. The van der Waals surface area contributed by atoms with Crippen molar-refractivity contribution in [2.75, 3.05) is 25.6 Å². The lowest BCUT2D eigenvalue weighted by Crippen LogP contribution is -2.28. The van der Waals surface area contributed by atoms with Crippen LogP contribution in [0.5, 0.6) is 0 Å². The number of carbonyl (C=O) groups is 3. The third-order valence-corrected chi connectivity index (χ3v) is 2.53. The second-order valence-corrected chi connectivity index (χ2v) is 4.03. The maximum atomic E-state index is 11.7. The van der Waals surface area contributed by atoms with Crippen LogP contribution < -0.4 is 4.90 Å². The summed E-state index contributed by atoms with van der Waals surface area (Å²) in [5, 5.41) is 0. The fourth-order valence-electron chi connectivity index (χ4n) is 1.62. The first-order chi connectivity index (χ1) is 8.50. The van der Waals surface area contributed by atoms with Gasteiger partial charge in [0.25, 0.3) is 11.8 Å². The number of imide groups is 1. The average Bonchev–Trinajstić information content (AvgIpc) is 2.68. The Labute approximate surface area is 104 Å². The Hall–Kier alpha value is -2.37. The van der Waals surface area contributed by atoms with E-state index in [1.54, 1.807) is 38.4 Å². The zero-order valence-electron chi connectivity index (χ0n) is 10.0. The topological polar surface area (TPSA) is 66.9 Å². The van der Waals surface area contributed by atoms with E-state index in [0.717, 1.165) is 4.90 Å². The summed E-state index contributed by atoms with van der Waals surface area (Å²) in [4.78, 5) is 36.8. The number of carbonyl (C=O) groups excluding carboxylic acids is 3. The number of anilines is 1. The molecule has 0 unspecified atom stereocenters. The van der Waals surface area contributed by atoms with Crippen molar-refractivity contribution in [3.05, 3.63) is 29.8 Å². The molecule has 1 aromatic carbocycles. The number of cyclic esters (lactones) is 1. The van der Waals surface area contributed by atoms with Gasteiger partial charge in [-0.15, -0.1) is 0 Å². The number of ether oxygens (including phenoxy) is 1. The normalized spacial score (nSPS) is 14.7. The zero-order chi connectivity index (χ0) is 13.3. The second kappa shape index (κ2) is 4.48. The first-order valence-electron chi connectivity index (χ1n) is 5.32. The van der Waals surface area contributed by atoms with Crippen molar-refractivity contribution in [2.24, 2.45) is 0 Å². The molecule has 0 spiro atoms. The minimum Gasteiger partial charge on any atom is -0.439 e. The lowest BCUT2D eigenvalue weighted by Gasteiger charge is -2.13. The summed E-state index contributed by atoms with van der Waals surface area (Å²) in [5.41, 5.74) is 0.890. The van der Waals surface area contributed by atoms with Gasteiger partial charge in [0, 0.05) is 19.7 Å². The molecule has 18 heavy (non-hydrogen) atoms. The van der Waals surface area contributed by atoms with Crippen molar-refractivity contribution in [1.29, 1.82) is 0 Å². The molecular weight excluding hydrogens is 236 g/mol. The molecule has 6 heteroatoms. The van der Waals surface area contributed by atoms with Crippen molar-refractivity contribution in [3.8, 4) is 0 Å². The monoisotopic (exact) mass is 248 g/mol. The maximum absolute atomic E-state index is 11.7. The summed E-state index contributed by atoms with van der Waals surface area (Å²) in [7, 11) is 3.30. The minimum absolute atomic E-state index is 0.142. The summed E-state index contributed by atoms with van der Waals surface area (Å²) in [6.07, 6.45) is -0.688. The Bertz CT molecular complexity index is 491. The molecule has 1 aliphatic heterocycles. The minimum atomic E-state index is -0.688. The molecule has 0 radical (unpaired) electrons. The van der Waals surface area contributed by atoms with Crippen LogP contribution in [0.25, 0.3) is 0 Å². The highest BCUT2D eigenvalue weighted by Crippen LogP contribution is 2.20. The Morgan fingerprint density at radius 3 is 2.28 bits per heavy atom. The van der Waals surface area contributed by atoms with E-state index in [0.29, 0.717) is 11.3 Å². The van der Waals surface area contributed by atoms with Gasteiger partial charge in [-0.25, -0.2) is 9.69 Å². The van der Waals surface area contributed by atoms with E-state index in [9.17, 15) is 14.4 Å². The predicted molar refractivity (Wildman–Crippen MR) is 63.3 cm³/mol. The molecule has 1 aliphatic rings. The van der Waals surface area contributed by atoms with E-state index >= 15 is 0 Å². The van der Waals surface area contributed by atoms with Crippen LogP contribution in [0.2, 0.25) is 0 Å². The molecule has 2 rings (SSSR count). The highest BCUT2D eigenvalue weighted by atomic mass is 16.6. The standard InChI is InChI=1S/C12H12N2O4/c1-13(2)11(16)8-3-5-9(6-4-8)14-10(15)7-18-12(14)17/h3-6H,7H2,1-2H3. The number of hydrogen-bond acceptors (Lipinski definition) is 4. The molecule has 1 heterocycles. The van der Waals surface area contributed by atoms with Crippen molar-refractivity contribution in [1.82, 2.24) is 4.90 Å². The fraction of sp³-hybridized carbons (Fsp3) is 0.250. The first-order valence-corrected chi connectivity index (χ1v) is 5.32. The smallest absolute Gasteiger partial charge is 0.421 e. The van der Waals surface area contributed by atoms with Gasteiger partial charge in [-0.2, -0.15) is 0 Å². The van der Waals surface area contributed by atoms with Gasteiger partial charge in [0.1, 0.15) is 0 Å². The highest BCUT2D eigenvalue weighted by Gasteiger charge is 2.32. The quantitative estimate of drug-likeness (QED) is 0.779. The van der Waals surface area contributed by atoms with Crippen LogP contribution in [0.3, 0.4) is 0 Å². The third-order valence-electron chi connectivity index (χ3n) is 2.53. The average molecular weight is 248 g/mol. The van der Waals surface area contributed by atoms with Gasteiger partial charge in [-0.05, 0) is 24.3 Å².